The molecule has 2 aromatic rings. The van der Waals surface area contributed by atoms with Crippen LogP contribution in [0, 0.1) is 6.92 Å². The minimum atomic E-state index is -3.30. The fourth-order valence-electron chi connectivity index (χ4n) is 4.10. The van der Waals surface area contributed by atoms with Crippen LogP contribution in [0.15, 0.2) is 18.2 Å². The Morgan fingerprint density at radius 2 is 1.86 bits per heavy atom. The molecule has 0 N–H and O–H groups in total. The van der Waals surface area contributed by atoms with Crippen molar-refractivity contribution in [1.29, 1.82) is 0 Å². The molecule has 0 unspecified atom stereocenters. The zero-order valence-corrected chi connectivity index (χ0v) is 17.9. The summed E-state index contributed by atoms with van der Waals surface area (Å²) in [5, 5.41) is 8.01. The summed E-state index contributed by atoms with van der Waals surface area (Å²) in [7, 11) is -3.30. The predicted octanol–water partition coefficient (Wildman–Crippen LogP) is 1.91. The molecule has 0 radical (unpaired) electrons. The van der Waals surface area contributed by atoms with Gasteiger partial charge in [0.2, 0.25) is 10.0 Å². The van der Waals surface area contributed by atoms with Crippen LogP contribution in [-0.2, 0) is 23.0 Å². The van der Waals surface area contributed by atoms with Gasteiger partial charge in [-0.15, -0.1) is 5.10 Å². The van der Waals surface area contributed by atoms with Gasteiger partial charge in [0.25, 0.3) is 5.91 Å². The fraction of sp³-hybridized carbons (Fsp3) is 0.550. The normalized spacial score (nSPS) is 17.7. The summed E-state index contributed by atoms with van der Waals surface area (Å²) >= 11 is 0. The lowest BCUT2D eigenvalue weighted by atomic mass is 9.99. The van der Waals surface area contributed by atoms with Crippen molar-refractivity contribution >= 4 is 15.9 Å². The van der Waals surface area contributed by atoms with E-state index >= 15 is 0 Å². The van der Waals surface area contributed by atoms with Crippen LogP contribution in [0.25, 0.3) is 5.69 Å². The van der Waals surface area contributed by atoms with Crippen molar-refractivity contribution in [3.05, 3.63) is 40.7 Å². The molecule has 8 nitrogen and oxygen atoms in total. The smallest absolute Gasteiger partial charge is 0.276 e. The third-order valence-electron chi connectivity index (χ3n) is 5.88. The number of benzene rings is 1. The van der Waals surface area contributed by atoms with Crippen molar-refractivity contribution in [1.82, 2.24) is 24.2 Å². The van der Waals surface area contributed by atoms with E-state index < -0.39 is 15.3 Å². The van der Waals surface area contributed by atoms with Crippen molar-refractivity contribution in [3.63, 3.8) is 0 Å². The Morgan fingerprint density at radius 3 is 2.55 bits per heavy atom. The van der Waals surface area contributed by atoms with E-state index in [0.717, 1.165) is 42.7 Å². The summed E-state index contributed by atoms with van der Waals surface area (Å²) in [6, 6.07) is 5.82. The van der Waals surface area contributed by atoms with Crippen LogP contribution >= 0.6 is 0 Å². The van der Waals surface area contributed by atoms with E-state index in [4.69, 9.17) is 0 Å². The summed E-state index contributed by atoms with van der Waals surface area (Å²) in [6.07, 6.45) is 2.66. The van der Waals surface area contributed by atoms with E-state index in [2.05, 4.69) is 10.3 Å². The third kappa shape index (κ3) is 3.46. The maximum atomic E-state index is 12.8. The topological polar surface area (TPSA) is 88.4 Å². The number of rotatable bonds is 4. The average Bonchev–Trinajstić information content (AvgIpc) is 3.36. The average molecular weight is 418 g/mol. The molecular weight excluding hydrogens is 390 g/mol. The van der Waals surface area contributed by atoms with Crippen LogP contribution in [0.3, 0.4) is 0 Å². The van der Waals surface area contributed by atoms with E-state index in [1.54, 1.807) is 22.8 Å². The summed E-state index contributed by atoms with van der Waals surface area (Å²) in [4.78, 5) is 14.6. The largest absolute Gasteiger partial charge is 0.337 e. The van der Waals surface area contributed by atoms with Crippen molar-refractivity contribution in [2.24, 2.45) is 0 Å². The van der Waals surface area contributed by atoms with Crippen molar-refractivity contribution in [2.45, 2.75) is 51.8 Å². The Labute approximate surface area is 171 Å². The number of amides is 1. The Kier molecular flexibility index (Phi) is 5.20. The lowest BCUT2D eigenvalue weighted by Crippen LogP contribution is -2.40. The van der Waals surface area contributed by atoms with Crippen LogP contribution < -0.4 is 0 Å². The molecule has 4 rings (SSSR count). The second-order valence-electron chi connectivity index (χ2n) is 8.03. The Balaban J connectivity index is 1.66. The van der Waals surface area contributed by atoms with Crippen LogP contribution in [0.1, 0.15) is 54.0 Å². The second-order valence-corrected chi connectivity index (χ2v) is 10.5. The molecule has 9 heteroatoms. The van der Waals surface area contributed by atoms with E-state index in [1.807, 2.05) is 30.0 Å². The third-order valence-corrected chi connectivity index (χ3v) is 8.10. The SMILES string of the molecule is Cc1c(C(=O)N2CCCC2)nnn1-c1cccc2c1CCN(S(=O)(=O)C(C)C)C2. The number of hydrogen-bond acceptors (Lipinski definition) is 5. The van der Waals surface area contributed by atoms with Gasteiger partial charge in [-0.25, -0.2) is 13.1 Å². The number of hydrogen-bond donors (Lipinski definition) is 0. The van der Waals surface area contributed by atoms with Crippen molar-refractivity contribution in [2.75, 3.05) is 19.6 Å². The van der Waals surface area contributed by atoms with E-state index in [0.29, 0.717) is 30.9 Å². The molecule has 2 aliphatic rings. The first-order valence-electron chi connectivity index (χ1n) is 10.1. The number of fused-ring (bicyclic) bond motifs is 1. The minimum absolute atomic E-state index is 0.0646. The standard InChI is InChI=1S/C20H27N5O3S/c1-14(2)29(27,28)24-12-9-17-16(13-24)7-6-8-18(17)25-15(3)19(21-22-25)20(26)23-10-4-5-11-23/h6-8,14H,4-5,9-13H2,1-3H3. The van der Waals surface area contributed by atoms with Crippen LogP contribution in [0.5, 0.6) is 0 Å². The Hall–Kier alpha value is -2.26. The first-order valence-corrected chi connectivity index (χ1v) is 11.6. The summed E-state index contributed by atoms with van der Waals surface area (Å²) in [5.74, 6) is -0.0646. The van der Waals surface area contributed by atoms with Gasteiger partial charge in [0.05, 0.1) is 16.6 Å². The van der Waals surface area contributed by atoms with Gasteiger partial charge >= 0.3 is 0 Å². The monoisotopic (exact) mass is 417 g/mol. The number of aromatic nitrogens is 3. The van der Waals surface area contributed by atoms with Crippen LogP contribution in [0.2, 0.25) is 0 Å². The highest BCUT2D eigenvalue weighted by atomic mass is 32.2. The number of carbonyl (C=O) groups excluding carboxylic acids is 1. The molecule has 0 aliphatic carbocycles. The lowest BCUT2D eigenvalue weighted by Gasteiger charge is -2.30. The van der Waals surface area contributed by atoms with Gasteiger partial charge in [0.15, 0.2) is 5.69 Å². The molecule has 2 aliphatic heterocycles. The van der Waals surface area contributed by atoms with E-state index in [9.17, 15) is 13.2 Å². The molecule has 156 valence electrons. The fourth-order valence-corrected chi connectivity index (χ4v) is 5.36. The summed E-state index contributed by atoms with van der Waals surface area (Å²) in [5.41, 5.74) is 4.02. The highest BCUT2D eigenvalue weighted by molar-refractivity contribution is 7.89. The van der Waals surface area contributed by atoms with Gasteiger partial charge in [-0.3, -0.25) is 4.79 Å². The van der Waals surface area contributed by atoms with Gasteiger partial charge in [-0.05, 0) is 57.2 Å². The maximum Gasteiger partial charge on any atom is 0.276 e. The first kappa shape index (κ1) is 20.0. The summed E-state index contributed by atoms with van der Waals surface area (Å²) in [6.45, 7) is 7.62. The maximum absolute atomic E-state index is 12.8. The predicted molar refractivity (Wildman–Crippen MR) is 109 cm³/mol. The van der Waals surface area contributed by atoms with Gasteiger partial charge in [-0.1, -0.05) is 17.3 Å². The molecule has 1 aromatic heterocycles. The molecule has 0 spiro atoms. The molecule has 0 saturated carbocycles. The summed E-state index contributed by atoms with van der Waals surface area (Å²) < 4.78 is 28.4. The van der Waals surface area contributed by atoms with Gasteiger partial charge in [0.1, 0.15) is 0 Å². The Bertz CT molecular complexity index is 1040. The van der Waals surface area contributed by atoms with Gasteiger partial charge < -0.3 is 4.90 Å². The van der Waals surface area contributed by atoms with Gasteiger partial charge in [-0.2, -0.15) is 4.31 Å². The molecule has 0 bridgehead atoms. The quantitative estimate of drug-likeness (QED) is 0.758. The number of carbonyl (C=O) groups is 1. The van der Waals surface area contributed by atoms with E-state index in [-0.39, 0.29) is 5.91 Å². The van der Waals surface area contributed by atoms with E-state index in [1.165, 1.54) is 0 Å². The number of nitrogens with zero attached hydrogens (tertiary/aromatic N) is 5. The van der Waals surface area contributed by atoms with Crippen molar-refractivity contribution < 1.29 is 13.2 Å². The highest BCUT2D eigenvalue weighted by Crippen LogP contribution is 2.28. The zero-order valence-electron chi connectivity index (χ0n) is 17.1. The molecule has 1 fully saturated rings. The van der Waals surface area contributed by atoms with Crippen molar-refractivity contribution in [3.8, 4) is 5.69 Å². The molecule has 29 heavy (non-hydrogen) atoms. The number of likely N-dealkylation sites (tertiary alicyclic amines) is 1. The molecule has 1 amide bonds. The Morgan fingerprint density at radius 1 is 1.14 bits per heavy atom. The first-order chi connectivity index (χ1) is 13.8. The molecule has 0 atom stereocenters. The number of sulfonamides is 1. The molecular formula is C20H27N5O3S. The zero-order chi connectivity index (χ0) is 20.8. The molecule has 1 saturated heterocycles. The molecule has 1 aromatic carbocycles. The van der Waals surface area contributed by atoms with Gasteiger partial charge in [0, 0.05) is 26.2 Å². The van der Waals surface area contributed by atoms with Crippen LogP contribution in [-0.4, -0.2) is 63.4 Å². The lowest BCUT2D eigenvalue weighted by molar-refractivity contribution is 0.0786. The molecule has 3 heterocycles. The minimum Gasteiger partial charge on any atom is -0.337 e. The second kappa shape index (κ2) is 7.53. The van der Waals surface area contributed by atoms with Crippen LogP contribution in [0.4, 0.5) is 0 Å². The highest BCUT2D eigenvalue weighted by Gasteiger charge is 2.31.